The minimum atomic E-state index is -4.62. The van der Waals surface area contributed by atoms with Crippen LogP contribution in [0.4, 0.5) is 18.9 Å². The number of carbonyl (C=O) groups excluding carboxylic acids is 2. The van der Waals surface area contributed by atoms with Gasteiger partial charge < -0.3 is 29.4 Å². The summed E-state index contributed by atoms with van der Waals surface area (Å²) in [5.41, 5.74) is -0.951. The third-order valence-electron chi connectivity index (χ3n) is 9.51. The highest BCUT2D eigenvalue weighted by Crippen LogP contribution is 2.44. The monoisotopic (exact) mass is 728 g/mol. The molecule has 3 aromatic heterocycles. The topological polar surface area (TPSA) is 166 Å². The second-order valence-corrected chi connectivity index (χ2v) is 13.2. The minimum Gasteiger partial charge on any atom is -0.504 e. The maximum absolute atomic E-state index is 14.5. The van der Waals surface area contributed by atoms with Gasteiger partial charge in [-0.3, -0.25) is 14.4 Å². The predicted octanol–water partition coefficient (Wildman–Crippen LogP) is 4.07. The fraction of sp³-hybridized carbons (Fsp3) is 0.424. The number of anilines is 1. The number of halogens is 4. The smallest absolute Gasteiger partial charge is 0.416 e. The molecule has 0 radical (unpaired) electrons. The number of amides is 2. The summed E-state index contributed by atoms with van der Waals surface area (Å²) in [5, 5.41) is 17.3. The number of fused-ring (bicyclic) bond motifs is 3. The van der Waals surface area contributed by atoms with Crippen LogP contribution in [0.3, 0.4) is 0 Å². The minimum absolute atomic E-state index is 0.0232. The summed E-state index contributed by atoms with van der Waals surface area (Å²) in [5.74, 6) is -1.43. The Bertz CT molecular complexity index is 2160. The summed E-state index contributed by atoms with van der Waals surface area (Å²) >= 11 is 6.14. The third-order valence-corrected chi connectivity index (χ3v) is 9.82. The molecule has 3 aliphatic heterocycles. The molecule has 0 bridgehead atoms. The molecule has 1 aromatic carbocycles. The zero-order valence-electron chi connectivity index (χ0n) is 27.5. The standard InChI is InChI=1S/C33H32ClF3N8O6/c1-17-15-51-32(7-9-43(10-8-32)30(49)25-27(47)18(2)38-16-39-25)24-26(17)44(14-23(46)40-22-4-3-20(13-21(22)34)33(35,36)37)31-41-28(42-45(31)29(24)48)19-5-11-50-12-6-19/h3-5,13,16-17,47H,6-12,14-15H2,1-2H3,(H,40,46). The molecule has 268 valence electrons. The number of rotatable bonds is 5. The number of ether oxygens (including phenoxy) is 2. The van der Waals surface area contributed by atoms with Gasteiger partial charge in [-0.2, -0.15) is 22.7 Å². The van der Waals surface area contributed by atoms with Crippen molar-refractivity contribution in [1.82, 2.24) is 34.0 Å². The zero-order valence-corrected chi connectivity index (χ0v) is 28.2. The van der Waals surface area contributed by atoms with Crippen LogP contribution in [0.25, 0.3) is 11.4 Å². The number of nitrogens with zero attached hydrogens (tertiary/aromatic N) is 7. The van der Waals surface area contributed by atoms with E-state index in [-0.39, 0.29) is 78.3 Å². The fourth-order valence-electron chi connectivity index (χ4n) is 6.84. The summed E-state index contributed by atoms with van der Waals surface area (Å²) in [7, 11) is 0. The van der Waals surface area contributed by atoms with Gasteiger partial charge in [-0.15, -0.1) is 5.10 Å². The van der Waals surface area contributed by atoms with E-state index >= 15 is 0 Å². The van der Waals surface area contributed by atoms with E-state index in [0.29, 0.717) is 31.2 Å². The van der Waals surface area contributed by atoms with Gasteiger partial charge in [0.05, 0.1) is 47.4 Å². The average molecular weight is 729 g/mol. The lowest BCUT2D eigenvalue weighted by atomic mass is 9.79. The molecular weight excluding hydrogens is 697 g/mol. The van der Waals surface area contributed by atoms with Crippen LogP contribution in [-0.4, -0.2) is 83.9 Å². The fourth-order valence-corrected chi connectivity index (χ4v) is 7.06. The lowest BCUT2D eigenvalue weighted by molar-refractivity contribution is -0.137. The molecule has 51 heavy (non-hydrogen) atoms. The number of nitrogens with one attached hydrogen (secondary N) is 1. The first kappa shape index (κ1) is 34.6. The van der Waals surface area contributed by atoms with E-state index in [1.165, 1.54) is 11.2 Å². The number of carbonyl (C=O) groups is 2. The van der Waals surface area contributed by atoms with E-state index in [9.17, 15) is 32.7 Å². The van der Waals surface area contributed by atoms with Crippen LogP contribution in [0.15, 0.2) is 35.4 Å². The van der Waals surface area contributed by atoms with Crippen LogP contribution < -0.4 is 10.9 Å². The molecule has 14 nitrogen and oxygen atoms in total. The van der Waals surface area contributed by atoms with Crippen molar-refractivity contribution in [1.29, 1.82) is 0 Å². The third kappa shape index (κ3) is 6.22. The number of aromatic hydroxyl groups is 1. The van der Waals surface area contributed by atoms with Gasteiger partial charge in [0.1, 0.15) is 18.5 Å². The molecule has 0 saturated carbocycles. The van der Waals surface area contributed by atoms with Gasteiger partial charge in [-0.1, -0.05) is 24.6 Å². The Morgan fingerprint density at radius 3 is 2.65 bits per heavy atom. The van der Waals surface area contributed by atoms with Crippen LogP contribution >= 0.6 is 11.6 Å². The van der Waals surface area contributed by atoms with E-state index in [0.717, 1.165) is 28.3 Å². The van der Waals surface area contributed by atoms with Gasteiger partial charge in [-0.05, 0) is 50.0 Å². The van der Waals surface area contributed by atoms with Crippen LogP contribution in [-0.2, 0) is 32.6 Å². The molecule has 4 aromatic rings. The van der Waals surface area contributed by atoms with Crippen molar-refractivity contribution >= 4 is 40.5 Å². The van der Waals surface area contributed by atoms with E-state index in [2.05, 4.69) is 20.4 Å². The number of hydrogen-bond donors (Lipinski definition) is 2. The lowest BCUT2D eigenvalue weighted by Gasteiger charge is -2.46. The van der Waals surface area contributed by atoms with Crippen LogP contribution in [0.1, 0.15) is 70.9 Å². The van der Waals surface area contributed by atoms with Crippen molar-refractivity contribution in [3.63, 3.8) is 0 Å². The molecule has 2 amide bonds. The van der Waals surface area contributed by atoms with Crippen molar-refractivity contribution in [3.05, 3.63) is 80.0 Å². The molecule has 1 spiro atoms. The number of hydrogen-bond acceptors (Lipinski definition) is 10. The van der Waals surface area contributed by atoms with Gasteiger partial charge in [0.2, 0.25) is 11.7 Å². The molecule has 7 rings (SSSR count). The Labute approximate surface area is 292 Å². The molecule has 1 saturated heterocycles. The highest BCUT2D eigenvalue weighted by atomic mass is 35.5. The summed E-state index contributed by atoms with van der Waals surface area (Å²) in [4.78, 5) is 55.6. The molecule has 1 fully saturated rings. The van der Waals surface area contributed by atoms with Gasteiger partial charge in [0, 0.05) is 24.7 Å². The number of likely N-dealkylation sites (tertiary alicyclic amines) is 1. The summed E-state index contributed by atoms with van der Waals surface area (Å²) in [6, 6.07) is 2.63. The number of benzene rings is 1. The summed E-state index contributed by atoms with van der Waals surface area (Å²) in [6.45, 7) is 4.31. The van der Waals surface area contributed by atoms with Gasteiger partial charge in [0.25, 0.3) is 11.5 Å². The van der Waals surface area contributed by atoms with Crippen molar-refractivity contribution in [2.45, 2.75) is 57.3 Å². The van der Waals surface area contributed by atoms with Crippen molar-refractivity contribution in [2.24, 2.45) is 0 Å². The molecule has 18 heteroatoms. The van der Waals surface area contributed by atoms with E-state index in [1.807, 2.05) is 13.0 Å². The Hall–Kier alpha value is -4.87. The Morgan fingerprint density at radius 1 is 1.20 bits per heavy atom. The molecule has 1 unspecified atom stereocenters. The van der Waals surface area contributed by atoms with Gasteiger partial charge >= 0.3 is 6.18 Å². The maximum Gasteiger partial charge on any atom is 0.416 e. The first-order valence-electron chi connectivity index (χ1n) is 16.2. The molecule has 3 aliphatic rings. The second kappa shape index (κ2) is 13.0. The summed E-state index contributed by atoms with van der Waals surface area (Å²) in [6.07, 6.45) is -0.668. The number of piperidine rings is 1. The van der Waals surface area contributed by atoms with Gasteiger partial charge in [0.15, 0.2) is 17.3 Å². The number of aromatic nitrogens is 6. The van der Waals surface area contributed by atoms with E-state index < -0.39 is 40.6 Å². The highest BCUT2D eigenvalue weighted by molar-refractivity contribution is 6.33. The van der Waals surface area contributed by atoms with Crippen molar-refractivity contribution in [3.8, 4) is 5.75 Å². The van der Waals surface area contributed by atoms with E-state index in [4.69, 9.17) is 26.1 Å². The first-order chi connectivity index (χ1) is 24.3. The molecule has 1 atom stereocenters. The Morgan fingerprint density at radius 2 is 1.96 bits per heavy atom. The van der Waals surface area contributed by atoms with Crippen LogP contribution in [0.2, 0.25) is 5.02 Å². The Balaban J connectivity index is 1.28. The lowest BCUT2D eigenvalue weighted by Crippen LogP contribution is -2.52. The maximum atomic E-state index is 14.5. The molecular formula is C33H32ClF3N8O6. The van der Waals surface area contributed by atoms with Gasteiger partial charge in [-0.25, -0.2) is 9.97 Å². The number of alkyl halides is 3. The first-order valence-corrected chi connectivity index (χ1v) is 16.6. The normalized spacial score (nSPS) is 18.8. The van der Waals surface area contributed by atoms with Crippen LogP contribution in [0, 0.1) is 6.92 Å². The SMILES string of the molecule is Cc1ncnc(C(=O)N2CCC3(CC2)OCC(C)c2c3c(=O)n3nc(C4=CCOCC4)nc3n2CC(=O)Nc2ccc(C(F)(F)F)cc2Cl)c1O. The highest BCUT2D eigenvalue weighted by Gasteiger charge is 2.48. The van der Waals surface area contributed by atoms with E-state index in [1.54, 1.807) is 11.5 Å². The van der Waals surface area contributed by atoms with Crippen LogP contribution in [0.5, 0.6) is 5.75 Å². The second-order valence-electron chi connectivity index (χ2n) is 12.7. The molecule has 0 aliphatic carbocycles. The number of aryl methyl sites for hydroxylation is 1. The van der Waals surface area contributed by atoms with Crippen molar-refractivity contribution in [2.75, 3.05) is 38.2 Å². The van der Waals surface area contributed by atoms with Crippen molar-refractivity contribution < 1.29 is 37.3 Å². The quantitative estimate of drug-likeness (QED) is 0.306. The predicted molar refractivity (Wildman–Crippen MR) is 175 cm³/mol. The molecule has 2 N–H and O–H groups in total. The largest absolute Gasteiger partial charge is 0.504 e. The molecule has 6 heterocycles. The summed E-state index contributed by atoms with van der Waals surface area (Å²) < 4.78 is 54.3. The zero-order chi connectivity index (χ0) is 36.2. The average Bonchev–Trinajstić information content (AvgIpc) is 3.56. The Kier molecular flexibility index (Phi) is 8.83.